The lowest BCUT2D eigenvalue weighted by atomic mass is 10.0. The summed E-state index contributed by atoms with van der Waals surface area (Å²) in [7, 11) is 0. The highest BCUT2D eigenvalue weighted by Crippen LogP contribution is 2.15. The van der Waals surface area contributed by atoms with Gasteiger partial charge >= 0.3 is 12.1 Å². The molecule has 0 aromatic carbocycles. The van der Waals surface area contributed by atoms with Crippen molar-refractivity contribution < 1.29 is 24.2 Å². The van der Waals surface area contributed by atoms with Crippen molar-refractivity contribution in [3.8, 4) is 0 Å². The van der Waals surface area contributed by atoms with E-state index in [9.17, 15) is 14.4 Å². The molecule has 0 saturated carbocycles. The van der Waals surface area contributed by atoms with E-state index in [-0.39, 0.29) is 6.41 Å². The van der Waals surface area contributed by atoms with Gasteiger partial charge in [-0.2, -0.15) is 0 Å². The van der Waals surface area contributed by atoms with E-state index in [1.165, 1.54) is 0 Å². The first-order valence-corrected chi connectivity index (χ1v) is 5.29. The van der Waals surface area contributed by atoms with Crippen LogP contribution in [0.25, 0.3) is 0 Å². The van der Waals surface area contributed by atoms with Crippen molar-refractivity contribution in [3.63, 3.8) is 0 Å². The van der Waals surface area contributed by atoms with Crippen LogP contribution in [0.15, 0.2) is 0 Å². The maximum absolute atomic E-state index is 11.6. The first-order valence-electron chi connectivity index (χ1n) is 5.29. The van der Waals surface area contributed by atoms with Crippen LogP contribution < -0.4 is 0 Å². The molecule has 6 nitrogen and oxygen atoms in total. The zero-order valence-corrected chi connectivity index (χ0v) is 10.8. The SMILES string of the molecule is CC(C)C(C(=O)O)N(C=O)C(=O)OC(C)(C)C. The van der Waals surface area contributed by atoms with Gasteiger partial charge in [-0.25, -0.2) is 14.5 Å². The Morgan fingerprint density at radius 2 is 1.76 bits per heavy atom. The molecule has 0 bridgehead atoms. The molecule has 0 radical (unpaired) electrons. The zero-order valence-electron chi connectivity index (χ0n) is 10.8. The molecule has 0 aliphatic heterocycles. The second kappa shape index (κ2) is 5.65. The highest BCUT2D eigenvalue weighted by molar-refractivity contribution is 5.88. The van der Waals surface area contributed by atoms with Crippen molar-refractivity contribution in [2.45, 2.75) is 46.3 Å². The Hall–Kier alpha value is -1.59. The lowest BCUT2D eigenvalue weighted by molar-refractivity contribution is -0.147. The lowest BCUT2D eigenvalue weighted by Crippen LogP contribution is -2.49. The molecule has 17 heavy (non-hydrogen) atoms. The molecule has 0 aromatic rings. The van der Waals surface area contributed by atoms with E-state index >= 15 is 0 Å². The fourth-order valence-electron chi connectivity index (χ4n) is 1.26. The maximum Gasteiger partial charge on any atom is 0.417 e. The molecule has 2 amide bonds. The summed E-state index contributed by atoms with van der Waals surface area (Å²) in [6.07, 6.45) is -0.763. The van der Waals surface area contributed by atoms with Gasteiger partial charge in [0, 0.05) is 0 Å². The molecule has 0 saturated heterocycles. The van der Waals surface area contributed by atoms with Crippen LogP contribution in [0, 0.1) is 5.92 Å². The first kappa shape index (κ1) is 15.4. The molecule has 6 heteroatoms. The largest absolute Gasteiger partial charge is 0.480 e. The number of hydrogen-bond acceptors (Lipinski definition) is 4. The Bertz CT molecular complexity index is 305. The van der Waals surface area contributed by atoms with Crippen LogP contribution in [-0.4, -0.2) is 40.1 Å². The molecule has 1 unspecified atom stereocenters. The summed E-state index contributed by atoms with van der Waals surface area (Å²) < 4.78 is 4.96. The Labute approximate surface area is 101 Å². The fraction of sp³-hybridized carbons (Fsp3) is 0.727. The molecule has 1 atom stereocenters. The average molecular weight is 245 g/mol. The smallest absolute Gasteiger partial charge is 0.417 e. The number of carbonyl (C=O) groups excluding carboxylic acids is 2. The highest BCUT2D eigenvalue weighted by atomic mass is 16.6. The zero-order chi connectivity index (χ0) is 13.8. The molecular formula is C11H19NO5. The summed E-state index contributed by atoms with van der Waals surface area (Å²) in [6, 6.07) is -1.22. The summed E-state index contributed by atoms with van der Waals surface area (Å²) in [5.41, 5.74) is -0.779. The van der Waals surface area contributed by atoms with Crippen molar-refractivity contribution in [2.24, 2.45) is 5.92 Å². The van der Waals surface area contributed by atoms with Crippen LogP contribution in [0.5, 0.6) is 0 Å². The molecule has 0 rings (SSSR count). The quantitative estimate of drug-likeness (QED) is 0.758. The summed E-state index contributed by atoms with van der Waals surface area (Å²) in [5.74, 6) is -1.64. The van der Waals surface area contributed by atoms with Crippen LogP contribution in [0.3, 0.4) is 0 Å². The Morgan fingerprint density at radius 1 is 1.29 bits per heavy atom. The molecule has 0 aliphatic carbocycles. The standard InChI is InChI=1S/C11H19NO5/c1-7(2)8(9(14)15)12(6-13)10(16)17-11(3,4)5/h6-8H,1-5H3,(H,14,15). The van der Waals surface area contributed by atoms with E-state index in [0.717, 1.165) is 0 Å². The normalized spacial score (nSPS) is 13.1. The third-order valence-corrected chi connectivity index (χ3v) is 1.90. The van der Waals surface area contributed by atoms with E-state index in [4.69, 9.17) is 9.84 Å². The molecule has 98 valence electrons. The van der Waals surface area contributed by atoms with Gasteiger partial charge in [-0.1, -0.05) is 13.8 Å². The van der Waals surface area contributed by atoms with Crippen molar-refractivity contribution >= 4 is 18.5 Å². The molecule has 0 aliphatic rings. The number of rotatable bonds is 4. The highest BCUT2D eigenvalue weighted by Gasteiger charge is 2.34. The summed E-state index contributed by atoms with van der Waals surface area (Å²) in [4.78, 5) is 34.1. The monoisotopic (exact) mass is 245 g/mol. The molecule has 0 fully saturated rings. The number of hydrogen-bond donors (Lipinski definition) is 1. The van der Waals surface area contributed by atoms with Gasteiger partial charge in [0.1, 0.15) is 11.6 Å². The Balaban J connectivity index is 4.98. The van der Waals surface area contributed by atoms with Gasteiger partial charge in [0.15, 0.2) is 0 Å². The number of carbonyl (C=O) groups is 3. The van der Waals surface area contributed by atoms with Crippen LogP contribution in [-0.2, 0) is 14.3 Å². The van der Waals surface area contributed by atoms with Gasteiger partial charge in [0.25, 0.3) is 0 Å². The second-order valence-electron chi connectivity index (χ2n) is 5.02. The molecule has 0 aromatic heterocycles. The predicted octanol–water partition coefficient (Wildman–Crippen LogP) is 1.49. The van der Waals surface area contributed by atoms with Crippen molar-refractivity contribution in [1.82, 2.24) is 4.90 Å². The van der Waals surface area contributed by atoms with E-state index in [0.29, 0.717) is 4.90 Å². The number of aliphatic carboxylic acids is 1. The number of amides is 2. The van der Waals surface area contributed by atoms with Gasteiger partial charge < -0.3 is 9.84 Å². The Kier molecular flexibility index (Phi) is 5.12. The number of carboxylic acids is 1. The minimum Gasteiger partial charge on any atom is -0.480 e. The number of ether oxygens (including phenoxy) is 1. The predicted molar refractivity (Wildman–Crippen MR) is 60.4 cm³/mol. The summed E-state index contributed by atoms with van der Waals surface area (Å²) in [5, 5.41) is 8.98. The van der Waals surface area contributed by atoms with Crippen LogP contribution in [0.4, 0.5) is 4.79 Å². The van der Waals surface area contributed by atoms with Gasteiger partial charge in [-0.3, -0.25) is 4.79 Å². The molecule has 1 N–H and O–H groups in total. The first-order chi connectivity index (χ1) is 7.60. The van der Waals surface area contributed by atoms with Crippen molar-refractivity contribution in [2.75, 3.05) is 0 Å². The molecule has 0 heterocycles. The topological polar surface area (TPSA) is 83.9 Å². The van der Waals surface area contributed by atoms with Gasteiger partial charge in [0.2, 0.25) is 6.41 Å². The van der Waals surface area contributed by atoms with Crippen LogP contribution in [0.1, 0.15) is 34.6 Å². The Morgan fingerprint density at radius 3 is 2.00 bits per heavy atom. The van der Waals surface area contributed by atoms with Crippen LogP contribution >= 0.6 is 0 Å². The lowest BCUT2D eigenvalue weighted by Gasteiger charge is -2.29. The summed E-state index contributed by atoms with van der Waals surface area (Å²) in [6.45, 7) is 8.14. The third-order valence-electron chi connectivity index (χ3n) is 1.90. The average Bonchev–Trinajstić information content (AvgIpc) is 2.08. The number of nitrogens with zero attached hydrogens (tertiary/aromatic N) is 1. The van der Waals surface area contributed by atoms with Gasteiger partial charge in [-0.05, 0) is 26.7 Å². The van der Waals surface area contributed by atoms with Crippen molar-refractivity contribution in [1.29, 1.82) is 0 Å². The maximum atomic E-state index is 11.6. The second-order valence-corrected chi connectivity index (χ2v) is 5.02. The van der Waals surface area contributed by atoms with Gasteiger partial charge in [0.05, 0.1) is 0 Å². The minimum absolute atomic E-state index is 0.187. The van der Waals surface area contributed by atoms with Crippen molar-refractivity contribution in [3.05, 3.63) is 0 Å². The van der Waals surface area contributed by atoms with E-state index in [1.807, 2.05) is 0 Å². The van der Waals surface area contributed by atoms with E-state index < -0.39 is 29.6 Å². The minimum atomic E-state index is -1.24. The molecule has 0 spiro atoms. The van der Waals surface area contributed by atoms with Crippen LogP contribution in [0.2, 0.25) is 0 Å². The van der Waals surface area contributed by atoms with Gasteiger partial charge in [-0.15, -0.1) is 0 Å². The van der Waals surface area contributed by atoms with E-state index in [1.54, 1.807) is 34.6 Å². The van der Waals surface area contributed by atoms with E-state index in [2.05, 4.69) is 0 Å². The number of carboxylic acid groups (broad SMARTS) is 1. The third kappa shape index (κ3) is 4.84. The fourth-order valence-corrected chi connectivity index (χ4v) is 1.26. The molecular weight excluding hydrogens is 226 g/mol. The summed E-state index contributed by atoms with van der Waals surface area (Å²) >= 11 is 0. The number of imide groups is 1.